The Balaban J connectivity index is 1.71. The topological polar surface area (TPSA) is 89.3 Å². The second-order valence-electron chi connectivity index (χ2n) is 9.25. The number of rotatable bonds is 7. The highest BCUT2D eigenvalue weighted by molar-refractivity contribution is 7.99. The molecule has 2 aromatic carbocycles. The molecule has 0 aliphatic carbocycles. The third-order valence-electron chi connectivity index (χ3n) is 6.62. The molecule has 1 amide bonds. The number of hydrogen-bond acceptors (Lipinski definition) is 6. The van der Waals surface area contributed by atoms with E-state index in [1.54, 1.807) is 21.6 Å². The normalized spacial score (nSPS) is 18.0. The number of aryl methyl sites for hydroxylation is 2. The number of sulfone groups is 1. The van der Waals surface area contributed by atoms with Crippen LogP contribution < -0.4 is 5.56 Å². The predicted octanol–water partition coefficient (Wildman–Crippen LogP) is 3.91. The zero-order valence-electron chi connectivity index (χ0n) is 20.5. The third-order valence-corrected chi connectivity index (χ3v) is 9.29. The van der Waals surface area contributed by atoms with E-state index < -0.39 is 9.84 Å². The Labute approximate surface area is 210 Å². The smallest absolute Gasteiger partial charge is 0.266 e. The number of hydrogen-bond donors (Lipinski definition) is 0. The molecule has 0 N–H and O–H groups in total. The van der Waals surface area contributed by atoms with Gasteiger partial charge in [0.05, 0.1) is 33.8 Å². The van der Waals surface area contributed by atoms with Gasteiger partial charge in [0.15, 0.2) is 15.0 Å². The van der Waals surface area contributed by atoms with E-state index in [1.165, 1.54) is 11.8 Å². The summed E-state index contributed by atoms with van der Waals surface area (Å²) >= 11 is 1.22. The van der Waals surface area contributed by atoms with Gasteiger partial charge < -0.3 is 4.90 Å². The zero-order valence-corrected chi connectivity index (χ0v) is 22.2. The molecule has 0 spiro atoms. The summed E-state index contributed by atoms with van der Waals surface area (Å²) in [7, 11) is -3.12. The molecule has 2 heterocycles. The molecule has 1 aliphatic heterocycles. The minimum Gasteiger partial charge on any atom is -0.335 e. The van der Waals surface area contributed by atoms with Crippen LogP contribution in [-0.2, 0) is 14.6 Å². The number of fused-ring (bicyclic) bond motifs is 1. The van der Waals surface area contributed by atoms with E-state index in [9.17, 15) is 18.0 Å². The van der Waals surface area contributed by atoms with E-state index in [0.29, 0.717) is 22.5 Å². The van der Waals surface area contributed by atoms with Crippen LogP contribution in [0, 0.1) is 13.8 Å². The van der Waals surface area contributed by atoms with Crippen molar-refractivity contribution < 1.29 is 13.2 Å². The quantitative estimate of drug-likeness (QED) is 0.352. The molecule has 7 nitrogen and oxygen atoms in total. The first-order valence-electron chi connectivity index (χ1n) is 11.8. The maximum atomic E-state index is 13.5. The second kappa shape index (κ2) is 10.1. The van der Waals surface area contributed by atoms with Crippen molar-refractivity contribution in [1.82, 2.24) is 14.5 Å². The summed E-state index contributed by atoms with van der Waals surface area (Å²) in [6.45, 7) is 7.89. The van der Waals surface area contributed by atoms with Gasteiger partial charge in [-0.25, -0.2) is 13.4 Å². The molecule has 4 rings (SSSR count). The highest BCUT2D eigenvalue weighted by atomic mass is 32.2. The van der Waals surface area contributed by atoms with Gasteiger partial charge in [-0.2, -0.15) is 0 Å². The van der Waals surface area contributed by atoms with Crippen LogP contribution in [0.5, 0.6) is 0 Å². The van der Waals surface area contributed by atoms with E-state index in [0.717, 1.165) is 23.2 Å². The first-order valence-corrected chi connectivity index (χ1v) is 14.7. The van der Waals surface area contributed by atoms with E-state index >= 15 is 0 Å². The molecule has 2 unspecified atom stereocenters. The molecule has 9 heteroatoms. The van der Waals surface area contributed by atoms with Gasteiger partial charge in [0, 0.05) is 12.1 Å². The molecule has 1 fully saturated rings. The predicted molar refractivity (Wildman–Crippen MR) is 141 cm³/mol. The van der Waals surface area contributed by atoms with Crippen LogP contribution in [0.3, 0.4) is 0 Å². The Hall–Kier alpha value is -2.65. The molecule has 186 valence electrons. The van der Waals surface area contributed by atoms with Gasteiger partial charge in [-0.05, 0) is 57.4 Å². The Morgan fingerprint density at radius 3 is 2.63 bits per heavy atom. The standard InChI is InChI=1S/C26H31N3O4S2/c1-5-19(4)28(20-12-13-35(32,33)16-20)24(30)15-34-26-27-22-9-7-6-8-21(22)25(31)29(26)23-11-10-17(2)14-18(23)3/h6-11,14,19-20H,5,12-13,15-16H2,1-4H3. The number of para-hydroxylation sites is 1. The molecular weight excluding hydrogens is 482 g/mol. The minimum atomic E-state index is -3.12. The van der Waals surface area contributed by atoms with Crippen molar-refractivity contribution in [2.75, 3.05) is 17.3 Å². The Kier molecular flexibility index (Phi) is 7.38. The second-order valence-corrected chi connectivity index (χ2v) is 12.4. The highest BCUT2D eigenvalue weighted by Gasteiger charge is 2.36. The number of carbonyl (C=O) groups is 1. The van der Waals surface area contributed by atoms with E-state index in [-0.39, 0.29) is 40.8 Å². The van der Waals surface area contributed by atoms with Crippen molar-refractivity contribution in [3.8, 4) is 5.69 Å². The molecule has 3 aromatic rings. The molecule has 1 aliphatic rings. The average Bonchev–Trinajstić information content (AvgIpc) is 3.17. The van der Waals surface area contributed by atoms with Crippen molar-refractivity contribution in [2.24, 2.45) is 0 Å². The van der Waals surface area contributed by atoms with Crippen molar-refractivity contribution in [2.45, 2.75) is 57.8 Å². The third kappa shape index (κ3) is 5.30. The molecular formula is C26H31N3O4S2. The summed E-state index contributed by atoms with van der Waals surface area (Å²) in [5, 5.41) is 0.956. The van der Waals surface area contributed by atoms with Gasteiger partial charge in [0.2, 0.25) is 5.91 Å². The van der Waals surface area contributed by atoms with Gasteiger partial charge in [0.1, 0.15) is 0 Å². The first kappa shape index (κ1) is 25.4. The lowest BCUT2D eigenvalue weighted by Gasteiger charge is -2.33. The van der Waals surface area contributed by atoms with Crippen LogP contribution in [0.15, 0.2) is 52.4 Å². The fourth-order valence-corrected chi connectivity index (χ4v) is 7.27. The average molecular weight is 514 g/mol. The summed E-state index contributed by atoms with van der Waals surface area (Å²) in [6.07, 6.45) is 1.19. The van der Waals surface area contributed by atoms with Crippen molar-refractivity contribution in [1.29, 1.82) is 0 Å². The number of carbonyl (C=O) groups excluding carboxylic acids is 1. The number of benzene rings is 2. The van der Waals surface area contributed by atoms with Crippen LogP contribution >= 0.6 is 11.8 Å². The number of nitrogens with zero attached hydrogens (tertiary/aromatic N) is 3. The monoisotopic (exact) mass is 513 g/mol. The summed E-state index contributed by atoms with van der Waals surface area (Å²) in [4.78, 5) is 33.5. The molecule has 0 radical (unpaired) electrons. The van der Waals surface area contributed by atoms with Crippen molar-refractivity contribution >= 4 is 38.4 Å². The van der Waals surface area contributed by atoms with Crippen LogP contribution in [-0.4, -0.2) is 58.1 Å². The fraction of sp³-hybridized carbons (Fsp3) is 0.423. The SMILES string of the molecule is CCC(C)N(C(=O)CSc1nc2ccccc2c(=O)n1-c1ccc(C)cc1C)C1CCS(=O)(=O)C1. The van der Waals surface area contributed by atoms with Gasteiger partial charge in [-0.15, -0.1) is 0 Å². The summed E-state index contributed by atoms with van der Waals surface area (Å²) in [5.41, 5.74) is 3.16. The van der Waals surface area contributed by atoms with Crippen LogP contribution in [0.25, 0.3) is 16.6 Å². The molecule has 1 aromatic heterocycles. The summed E-state index contributed by atoms with van der Waals surface area (Å²) < 4.78 is 25.8. The maximum absolute atomic E-state index is 13.5. The molecule has 35 heavy (non-hydrogen) atoms. The van der Waals surface area contributed by atoms with E-state index in [2.05, 4.69) is 0 Å². The number of aromatic nitrogens is 2. The molecule has 2 atom stereocenters. The Bertz CT molecular complexity index is 1430. The van der Waals surface area contributed by atoms with E-state index in [1.807, 2.05) is 58.0 Å². The Morgan fingerprint density at radius 1 is 1.23 bits per heavy atom. The summed E-state index contributed by atoms with van der Waals surface area (Å²) in [5.74, 6) is 0.0519. The van der Waals surface area contributed by atoms with Crippen molar-refractivity contribution in [3.63, 3.8) is 0 Å². The lowest BCUT2D eigenvalue weighted by atomic mass is 10.1. The molecule has 0 saturated carbocycles. The lowest BCUT2D eigenvalue weighted by Crippen LogP contribution is -2.47. The van der Waals surface area contributed by atoms with Crippen molar-refractivity contribution in [3.05, 3.63) is 63.9 Å². The largest absolute Gasteiger partial charge is 0.335 e. The van der Waals surface area contributed by atoms with Gasteiger partial charge in [-0.1, -0.05) is 48.5 Å². The van der Waals surface area contributed by atoms with E-state index in [4.69, 9.17) is 4.98 Å². The minimum absolute atomic E-state index is 0.00917. The number of thioether (sulfide) groups is 1. The molecule has 1 saturated heterocycles. The molecule has 0 bridgehead atoms. The van der Waals surface area contributed by atoms with Gasteiger partial charge >= 0.3 is 0 Å². The van der Waals surface area contributed by atoms with Gasteiger partial charge in [0.25, 0.3) is 5.56 Å². The van der Waals surface area contributed by atoms with Crippen LogP contribution in [0.1, 0.15) is 37.8 Å². The first-order chi connectivity index (χ1) is 16.6. The lowest BCUT2D eigenvalue weighted by molar-refractivity contribution is -0.132. The van der Waals surface area contributed by atoms with Gasteiger partial charge in [-0.3, -0.25) is 14.2 Å². The zero-order chi connectivity index (χ0) is 25.3. The van der Waals surface area contributed by atoms with Crippen LogP contribution in [0.2, 0.25) is 0 Å². The Morgan fingerprint density at radius 2 is 1.97 bits per heavy atom. The summed E-state index contributed by atoms with van der Waals surface area (Å²) in [6, 6.07) is 12.7. The maximum Gasteiger partial charge on any atom is 0.266 e. The number of amides is 1. The highest BCUT2D eigenvalue weighted by Crippen LogP contribution is 2.26. The van der Waals surface area contributed by atoms with Crippen LogP contribution in [0.4, 0.5) is 0 Å². The fourth-order valence-electron chi connectivity index (χ4n) is 4.68.